The Bertz CT molecular complexity index is 1210. The number of nitrogens with one attached hydrogen (secondary N) is 2. The number of ether oxygens (including phenoxy) is 1. The van der Waals surface area contributed by atoms with Gasteiger partial charge in [-0.1, -0.05) is 25.9 Å². The van der Waals surface area contributed by atoms with Gasteiger partial charge in [0.2, 0.25) is 0 Å². The van der Waals surface area contributed by atoms with Crippen LogP contribution in [0.4, 0.5) is 33.6 Å². The van der Waals surface area contributed by atoms with Crippen molar-refractivity contribution in [3.05, 3.63) is 60.3 Å². The SMILES string of the molecule is CC(C)(C)c1cc(NC(=O)Nc2ccc(N3C=CC4(CO4)c4c(N)ncnc43)cc2)no1. The summed E-state index contributed by atoms with van der Waals surface area (Å²) in [5.41, 5.74) is 7.64. The Morgan fingerprint density at radius 1 is 1.19 bits per heavy atom. The van der Waals surface area contributed by atoms with Crippen LogP contribution in [-0.2, 0) is 15.8 Å². The van der Waals surface area contributed by atoms with Crippen molar-refractivity contribution >= 4 is 34.9 Å². The molecule has 164 valence electrons. The van der Waals surface area contributed by atoms with Crippen molar-refractivity contribution in [2.75, 3.05) is 27.9 Å². The minimum atomic E-state index is -0.523. The highest BCUT2D eigenvalue weighted by Gasteiger charge is 2.50. The first-order chi connectivity index (χ1) is 15.2. The number of amides is 2. The number of hydrogen-bond acceptors (Lipinski definition) is 8. The van der Waals surface area contributed by atoms with Gasteiger partial charge in [-0.05, 0) is 30.3 Å². The molecule has 1 aromatic carbocycles. The second-order valence-electron chi connectivity index (χ2n) is 8.77. The summed E-state index contributed by atoms with van der Waals surface area (Å²) in [6.45, 7) is 6.58. The van der Waals surface area contributed by atoms with E-state index in [9.17, 15) is 4.79 Å². The molecule has 2 aliphatic heterocycles. The van der Waals surface area contributed by atoms with Crippen LogP contribution in [0.5, 0.6) is 0 Å². The molecule has 5 rings (SSSR count). The third kappa shape index (κ3) is 3.54. The van der Waals surface area contributed by atoms with Crippen molar-refractivity contribution < 1.29 is 14.1 Å². The average Bonchev–Trinajstić information content (AvgIpc) is 3.33. The lowest BCUT2D eigenvalue weighted by Gasteiger charge is -2.28. The predicted molar refractivity (Wildman–Crippen MR) is 120 cm³/mol. The monoisotopic (exact) mass is 433 g/mol. The zero-order chi connectivity index (χ0) is 22.5. The molecule has 1 unspecified atom stereocenters. The first-order valence-electron chi connectivity index (χ1n) is 10.1. The quantitative estimate of drug-likeness (QED) is 0.530. The zero-order valence-electron chi connectivity index (χ0n) is 17.9. The van der Waals surface area contributed by atoms with Crippen molar-refractivity contribution in [2.45, 2.75) is 31.8 Å². The Hall–Kier alpha value is -3.92. The molecular formula is C22H23N7O3. The summed E-state index contributed by atoms with van der Waals surface area (Å²) in [5.74, 6) is 2.12. The number of epoxide rings is 1. The number of nitrogen functional groups attached to an aromatic ring is 1. The third-order valence-corrected chi connectivity index (χ3v) is 5.35. The zero-order valence-corrected chi connectivity index (χ0v) is 17.9. The molecule has 0 saturated carbocycles. The normalized spacial score (nSPS) is 19.0. The van der Waals surface area contributed by atoms with Gasteiger partial charge in [-0.3, -0.25) is 5.32 Å². The van der Waals surface area contributed by atoms with Crippen LogP contribution in [0.1, 0.15) is 32.1 Å². The van der Waals surface area contributed by atoms with Gasteiger partial charge >= 0.3 is 6.03 Å². The van der Waals surface area contributed by atoms with E-state index in [0.29, 0.717) is 35.5 Å². The molecular weight excluding hydrogens is 410 g/mol. The Morgan fingerprint density at radius 3 is 2.59 bits per heavy atom. The first kappa shape index (κ1) is 20.0. The fraction of sp³-hybridized carbons (Fsp3) is 0.273. The van der Waals surface area contributed by atoms with Gasteiger partial charge in [-0.2, -0.15) is 0 Å². The number of aromatic nitrogens is 3. The Balaban J connectivity index is 1.29. The lowest BCUT2D eigenvalue weighted by molar-refractivity contribution is 0.262. The fourth-order valence-corrected chi connectivity index (χ4v) is 3.53. The van der Waals surface area contributed by atoms with E-state index in [1.54, 1.807) is 18.2 Å². The number of nitrogens with zero attached hydrogens (tertiary/aromatic N) is 4. The summed E-state index contributed by atoms with van der Waals surface area (Å²) in [4.78, 5) is 22.8. The number of fused-ring (bicyclic) bond motifs is 2. The van der Waals surface area contributed by atoms with Gasteiger partial charge in [0.25, 0.3) is 0 Å². The van der Waals surface area contributed by atoms with Crippen LogP contribution in [0.2, 0.25) is 0 Å². The molecule has 0 bridgehead atoms. The molecule has 4 heterocycles. The topological polar surface area (TPSA) is 135 Å². The summed E-state index contributed by atoms with van der Waals surface area (Å²) in [5, 5.41) is 9.35. The summed E-state index contributed by atoms with van der Waals surface area (Å²) in [7, 11) is 0. The molecule has 1 saturated heterocycles. The molecule has 2 aromatic heterocycles. The van der Waals surface area contributed by atoms with Crippen LogP contribution >= 0.6 is 0 Å². The van der Waals surface area contributed by atoms with E-state index in [1.165, 1.54) is 6.33 Å². The maximum absolute atomic E-state index is 12.3. The molecule has 2 amide bonds. The molecule has 1 spiro atoms. The van der Waals surface area contributed by atoms with Gasteiger partial charge < -0.3 is 25.2 Å². The lowest BCUT2D eigenvalue weighted by atomic mass is 9.93. The highest BCUT2D eigenvalue weighted by molar-refractivity contribution is 5.99. The van der Waals surface area contributed by atoms with E-state index in [-0.39, 0.29) is 5.41 Å². The van der Waals surface area contributed by atoms with Gasteiger partial charge in [0.1, 0.15) is 29.3 Å². The Labute approximate surface area is 184 Å². The second-order valence-corrected chi connectivity index (χ2v) is 8.77. The van der Waals surface area contributed by atoms with E-state index >= 15 is 0 Å². The number of anilines is 5. The van der Waals surface area contributed by atoms with Crippen molar-refractivity contribution in [3.8, 4) is 0 Å². The minimum Gasteiger partial charge on any atom is -0.383 e. The van der Waals surface area contributed by atoms with E-state index in [2.05, 4.69) is 25.8 Å². The number of carbonyl (C=O) groups is 1. The molecule has 1 atom stereocenters. The van der Waals surface area contributed by atoms with Gasteiger partial charge in [0.15, 0.2) is 5.82 Å². The number of rotatable bonds is 3. The summed E-state index contributed by atoms with van der Waals surface area (Å²) in [6.07, 6.45) is 5.30. The first-order valence-corrected chi connectivity index (χ1v) is 10.1. The smallest absolute Gasteiger partial charge is 0.324 e. The Morgan fingerprint density at radius 2 is 1.94 bits per heavy atom. The van der Waals surface area contributed by atoms with Crippen molar-refractivity contribution in [1.29, 1.82) is 0 Å². The van der Waals surface area contributed by atoms with Crippen LogP contribution in [0.25, 0.3) is 0 Å². The van der Waals surface area contributed by atoms with Crippen molar-refractivity contribution in [2.24, 2.45) is 0 Å². The lowest BCUT2D eigenvalue weighted by Crippen LogP contribution is -2.24. The third-order valence-electron chi connectivity index (χ3n) is 5.35. The number of carbonyl (C=O) groups excluding carboxylic acids is 1. The highest BCUT2D eigenvalue weighted by Crippen LogP contribution is 2.50. The van der Waals surface area contributed by atoms with Crippen LogP contribution in [0.3, 0.4) is 0 Å². The second kappa shape index (κ2) is 7.06. The van der Waals surface area contributed by atoms with Crippen molar-refractivity contribution in [3.63, 3.8) is 0 Å². The molecule has 10 nitrogen and oxygen atoms in total. The highest BCUT2D eigenvalue weighted by atomic mass is 16.6. The molecule has 0 aliphatic carbocycles. The minimum absolute atomic E-state index is 0.193. The number of hydrogen-bond donors (Lipinski definition) is 3. The average molecular weight is 433 g/mol. The standard InChI is InChI=1S/C22H23N7O3/c1-21(2,3)15-10-16(28-32-15)27-20(30)26-13-4-6-14(7-5-13)29-9-8-22(11-31-22)17-18(23)24-12-25-19(17)29/h4-10,12H,11H2,1-3H3,(H2,23,24,25)(H2,26,27,28,30). The van der Waals surface area contributed by atoms with Crippen LogP contribution < -0.4 is 21.3 Å². The van der Waals surface area contributed by atoms with E-state index in [0.717, 1.165) is 11.3 Å². The van der Waals surface area contributed by atoms with Crippen molar-refractivity contribution in [1.82, 2.24) is 15.1 Å². The van der Waals surface area contributed by atoms with Crippen LogP contribution in [-0.4, -0.2) is 27.8 Å². The summed E-state index contributed by atoms with van der Waals surface area (Å²) < 4.78 is 10.9. The van der Waals surface area contributed by atoms with E-state index in [1.807, 2.05) is 50.1 Å². The van der Waals surface area contributed by atoms with E-state index in [4.69, 9.17) is 15.0 Å². The Kier molecular flexibility index (Phi) is 4.41. The molecule has 3 aromatic rings. The van der Waals surface area contributed by atoms with Gasteiger partial charge in [0, 0.05) is 29.1 Å². The molecule has 0 radical (unpaired) electrons. The summed E-state index contributed by atoms with van der Waals surface area (Å²) in [6, 6.07) is 8.65. The predicted octanol–water partition coefficient (Wildman–Crippen LogP) is 3.88. The van der Waals surface area contributed by atoms with Gasteiger partial charge in [-0.25, -0.2) is 14.8 Å². The molecule has 32 heavy (non-hydrogen) atoms. The molecule has 1 fully saturated rings. The van der Waals surface area contributed by atoms with Gasteiger partial charge in [-0.15, -0.1) is 0 Å². The summed E-state index contributed by atoms with van der Waals surface area (Å²) >= 11 is 0. The van der Waals surface area contributed by atoms with E-state index < -0.39 is 11.6 Å². The number of benzene rings is 1. The maximum atomic E-state index is 12.3. The molecule has 4 N–H and O–H groups in total. The molecule has 2 aliphatic rings. The largest absolute Gasteiger partial charge is 0.383 e. The van der Waals surface area contributed by atoms with Gasteiger partial charge in [0.05, 0.1) is 12.2 Å². The maximum Gasteiger partial charge on any atom is 0.324 e. The number of nitrogens with two attached hydrogens (primary N) is 1. The number of urea groups is 1. The van der Waals surface area contributed by atoms with Crippen LogP contribution in [0.15, 0.2) is 53.5 Å². The fourth-order valence-electron chi connectivity index (χ4n) is 3.53. The molecule has 10 heteroatoms. The van der Waals surface area contributed by atoms with Crippen LogP contribution in [0, 0.1) is 0 Å².